The molecule has 2 N–H and O–H groups in total. The van der Waals surface area contributed by atoms with Crippen LogP contribution in [-0.4, -0.2) is 25.3 Å². The molecule has 0 aromatic heterocycles. The predicted octanol–water partition coefficient (Wildman–Crippen LogP) is 4.53. The van der Waals surface area contributed by atoms with Crippen LogP contribution in [0.4, 0.5) is 20.6 Å². The summed E-state index contributed by atoms with van der Waals surface area (Å²) in [5, 5.41) is 5.14. The number of hydrogen-bond acceptors (Lipinski definition) is 3. The van der Waals surface area contributed by atoms with Gasteiger partial charge in [-0.05, 0) is 60.9 Å². The lowest BCUT2D eigenvalue weighted by Crippen LogP contribution is -2.36. The molecule has 6 nitrogen and oxygen atoms in total. The first kappa shape index (κ1) is 21.0. The quantitative estimate of drug-likeness (QED) is 0.627. The normalized spacial score (nSPS) is 14.0. The Labute approximate surface area is 180 Å². The zero-order valence-electron chi connectivity index (χ0n) is 16.9. The number of carbonyl (C=O) groups is 1. The Balaban J connectivity index is 1.49. The number of aryl methyl sites for hydroxylation is 1. The van der Waals surface area contributed by atoms with E-state index >= 15 is 0 Å². The predicted molar refractivity (Wildman–Crippen MR) is 118 cm³/mol. The van der Waals surface area contributed by atoms with E-state index in [-0.39, 0.29) is 17.1 Å². The van der Waals surface area contributed by atoms with E-state index in [9.17, 15) is 17.6 Å². The van der Waals surface area contributed by atoms with Gasteiger partial charge in [-0.15, -0.1) is 0 Å². The van der Waals surface area contributed by atoms with Crippen molar-refractivity contribution in [2.24, 2.45) is 0 Å². The topological polar surface area (TPSA) is 78.5 Å². The first-order valence-electron chi connectivity index (χ1n) is 9.84. The maximum atomic E-state index is 13.7. The molecule has 4 rings (SSSR count). The number of halogens is 1. The van der Waals surface area contributed by atoms with Crippen molar-refractivity contribution in [3.8, 4) is 0 Å². The highest BCUT2D eigenvalue weighted by Crippen LogP contribution is 2.27. The van der Waals surface area contributed by atoms with Crippen LogP contribution in [0.5, 0.6) is 0 Å². The van der Waals surface area contributed by atoms with Crippen molar-refractivity contribution in [1.29, 1.82) is 0 Å². The number of nitrogens with zero attached hydrogens (tertiary/aromatic N) is 1. The molecule has 31 heavy (non-hydrogen) atoms. The minimum absolute atomic E-state index is 0.0772. The maximum Gasteiger partial charge on any atom is 0.323 e. The number of para-hydroxylation sites is 1. The second-order valence-corrected chi connectivity index (χ2v) is 9.38. The van der Waals surface area contributed by atoms with Crippen LogP contribution in [0.3, 0.4) is 0 Å². The van der Waals surface area contributed by atoms with Crippen molar-refractivity contribution in [2.75, 3.05) is 17.2 Å². The highest BCUT2D eigenvalue weighted by molar-refractivity contribution is 7.89. The molecule has 1 heterocycles. The van der Waals surface area contributed by atoms with Gasteiger partial charge < -0.3 is 10.6 Å². The Morgan fingerprint density at radius 2 is 1.71 bits per heavy atom. The lowest BCUT2D eigenvalue weighted by molar-refractivity contribution is 0.262. The molecule has 0 bridgehead atoms. The Hall–Kier alpha value is -3.23. The van der Waals surface area contributed by atoms with Crippen molar-refractivity contribution in [3.63, 3.8) is 0 Å². The Kier molecular flexibility index (Phi) is 5.75. The van der Waals surface area contributed by atoms with Crippen LogP contribution in [-0.2, 0) is 23.0 Å². The van der Waals surface area contributed by atoms with E-state index in [1.807, 2.05) is 13.0 Å². The van der Waals surface area contributed by atoms with Gasteiger partial charge in [0.2, 0.25) is 10.0 Å². The number of hydrogen-bond donors (Lipinski definition) is 2. The summed E-state index contributed by atoms with van der Waals surface area (Å²) >= 11 is 0. The maximum absolute atomic E-state index is 13.7. The van der Waals surface area contributed by atoms with Crippen LogP contribution >= 0.6 is 0 Å². The first-order valence-corrected chi connectivity index (χ1v) is 11.3. The van der Waals surface area contributed by atoms with E-state index in [1.165, 1.54) is 22.5 Å². The summed E-state index contributed by atoms with van der Waals surface area (Å²) in [6.45, 7) is 2.52. The van der Waals surface area contributed by atoms with Gasteiger partial charge in [-0.25, -0.2) is 17.6 Å². The molecule has 0 aliphatic carbocycles. The average Bonchev–Trinajstić information content (AvgIpc) is 2.75. The summed E-state index contributed by atoms with van der Waals surface area (Å²) in [5.41, 5.74) is 3.43. The van der Waals surface area contributed by atoms with Crippen molar-refractivity contribution < 1.29 is 17.6 Å². The molecular weight excluding hydrogens is 417 g/mol. The van der Waals surface area contributed by atoms with Crippen molar-refractivity contribution in [1.82, 2.24) is 4.31 Å². The summed E-state index contributed by atoms with van der Waals surface area (Å²) < 4.78 is 41.2. The molecule has 8 heteroatoms. The molecule has 0 saturated carbocycles. The van der Waals surface area contributed by atoms with Crippen molar-refractivity contribution in [2.45, 2.75) is 24.8 Å². The number of rotatable bonds is 4. The van der Waals surface area contributed by atoms with Crippen molar-refractivity contribution >= 4 is 27.4 Å². The van der Waals surface area contributed by atoms with Crippen molar-refractivity contribution in [3.05, 3.63) is 89.2 Å². The van der Waals surface area contributed by atoms with Gasteiger partial charge in [0.25, 0.3) is 0 Å². The Bertz CT molecular complexity index is 1230. The minimum Gasteiger partial charge on any atom is -0.308 e. The third-order valence-corrected chi connectivity index (χ3v) is 7.08. The summed E-state index contributed by atoms with van der Waals surface area (Å²) in [6, 6.07) is 17.5. The average molecular weight is 440 g/mol. The number of amides is 2. The molecule has 0 spiro atoms. The summed E-state index contributed by atoms with van der Waals surface area (Å²) in [4.78, 5) is 12.5. The van der Waals surface area contributed by atoms with Gasteiger partial charge in [0, 0.05) is 18.8 Å². The SMILES string of the molecule is Cc1ccc(S(=O)(=O)N2CCc3ccc(NC(=O)Nc4ccccc4F)cc3C2)cc1. The van der Waals surface area contributed by atoms with Crippen LogP contribution in [0.15, 0.2) is 71.6 Å². The third-order valence-electron chi connectivity index (χ3n) is 5.22. The fourth-order valence-electron chi connectivity index (χ4n) is 3.52. The van der Waals surface area contributed by atoms with E-state index in [0.717, 1.165) is 16.7 Å². The van der Waals surface area contributed by atoms with Gasteiger partial charge in [-0.3, -0.25) is 0 Å². The minimum atomic E-state index is -3.61. The van der Waals surface area contributed by atoms with Crippen LogP contribution in [0.1, 0.15) is 16.7 Å². The smallest absolute Gasteiger partial charge is 0.308 e. The van der Waals surface area contributed by atoms with Gasteiger partial charge in [-0.1, -0.05) is 35.9 Å². The van der Waals surface area contributed by atoms with Gasteiger partial charge in [0.05, 0.1) is 10.6 Å². The summed E-state index contributed by atoms with van der Waals surface area (Å²) in [5.74, 6) is -0.528. The van der Waals surface area contributed by atoms with Crippen LogP contribution in [0.25, 0.3) is 0 Å². The molecule has 0 unspecified atom stereocenters. The molecule has 0 saturated heterocycles. The van der Waals surface area contributed by atoms with Gasteiger partial charge in [0.1, 0.15) is 5.82 Å². The zero-order chi connectivity index (χ0) is 22.0. The number of sulfonamides is 1. The van der Waals surface area contributed by atoms with E-state index < -0.39 is 21.9 Å². The van der Waals surface area contributed by atoms with E-state index in [4.69, 9.17) is 0 Å². The van der Waals surface area contributed by atoms with Gasteiger partial charge in [-0.2, -0.15) is 4.31 Å². The molecule has 0 atom stereocenters. The second kappa shape index (κ2) is 8.49. The highest BCUT2D eigenvalue weighted by atomic mass is 32.2. The monoisotopic (exact) mass is 439 g/mol. The Morgan fingerprint density at radius 1 is 0.968 bits per heavy atom. The van der Waals surface area contributed by atoms with Crippen LogP contribution in [0.2, 0.25) is 0 Å². The van der Waals surface area contributed by atoms with E-state index in [0.29, 0.717) is 18.7 Å². The number of benzene rings is 3. The molecular formula is C23H22FN3O3S. The molecule has 0 fully saturated rings. The number of fused-ring (bicyclic) bond motifs is 1. The summed E-state index contributed by atoms with van der Waals surface area (Å²) in [6.07, 6.45) is 0.585. The lowest BCUT2D eigenvalue weighted by atomic mass is 10.0. The summed E-state index contributed by atoms with van der Waals surface area (Å²) in [7, 11) is -3.61. The number of urea groups is 1. The number of nitrogens with one attached hydrogen (secondary N) is 2. The number of carbonyl (C=O) groups excluding carboxylic acids is 1. The molecule has 1 aliphatic rings. The van der Waals surface area contributed by atoms with Crippen LogP contribution in [0, 0.1) is 12.7 Å². The van der Waals surface area contributed by atoms with Gasteiger partial charge >= 0.3 is 6.03 Å². The van der Waals surface area contributed by atoms with Crippen LogP contribution < -0.4 is 10.6 Å². The molecule has 3 aromatic rings. The lowest BCUT2D eigenvalue weighted by Gasteiger charge is -2.28. The molecule has 0 radical (unpaired) electrons. The van der Waals surface area contributed by atoms with E-state index in [2.05, 4.69) is 10.6 Å². The molecule has 2 amide bonds. The van der Waals surface area contributed by atoms with Gasteiger partial charge in [0.15, 0.2) is 0 Å². The Morgan fingerprint density at radius 3 is 2.45 bits per heavy atom. The fraction of sp³-hybridized carbons (Fsp3) is 0.174. The third kappa shape index (κ3) is 4.60. The molecule has 1 aliphatic heterocycles. The zero-order valence-corrected chi connectivity index (χ0v) is 17.7. The largest absolute Gasteiger partial charge is 0.323 e. The standard InChI is InChI=1S/C23H22FN3O3S/c1-16-6-10-20(11-7-16)31(29,30)27-13-12-17-8-9-19(14-18(17)15-27)25-23(28)26-22-5-3-2-4-21(22)24/h2-11,14H,12-13,15H2,1H3,(H2,25,26,28). The second-order valence-electron chi connectivity index (χ2n) is 7.44. The first-order chi connectivity index (χ1) is 14.8. The molecule has 3 aromatic carbocycles. The highest BCUT2D eigenvalue weighted by Gasteiger charge is 2.28. The van der Waals surface area contributed by atoms with E-state index in [1.54, 1.807) is 42.5 Å². The molecule has 160 valence electrons. The fourth-order valence-corrected chi connectivity index (χ4v) is 4.94. The number of anilines is 2.